The van der Waals surface area contributed by atoms with Crippen molar-refractivity contribution in [3.63, 3.8) is 0 Å². The van der Waals surface area contributed by atoms with Gasteiger partial charge in [0.2, 0.25) is 10.0 Å². The fourth-order valence-electron chi connectivity index (χ4n) is 2.63. The summed E-state index contributed by atoms with van der Waals surface area (Å²) >= 11 is 0. The Morgan fingerprint density at radius 2 is 1.90 bits per heavy atom. The fraction of sp³-hybridized carbons (Fsp3) is 0.600. The second kappa shape index (κ2) is 5.04. The van der Waals surface area contributed by atoms with E-state index in [4.69, 9.17) is 4.74 Å². The maximum absolute atomic E-state index is 12.1. The third kappa shape index (κ3) is 3.33. The second-order valence-electron chi connectivity index (χ2n) is 6.01. The lowest BCUT2D eigenvalue weighted by Gasteiger charge is -2.16. The van der Waals surface area contributed by atoms with Crippen molar-refractivity contribution >= 4 is 10.0 Å². The minimum Gasteiger partial charge on any atom is -0.492 e. The first kappa shape index (κ1) is 13.9. The molecule has 3 rings (SSSR count). The lowest BCUT2D eigenvalue weighted by Crippen LogP contribution is -2.40. The number of hydrogen-bond acceptors (Lipinski definition) is 3. The van der Waals surface area contributed by atoms with E-state index in [9.17, 15) is 8.42 Å². The van der Waals surface area contributed by atoms with E-state index in [2.05, 4.69) is 4.72 Å². The largest absolute Gasteiger partial charge is 0.492 e. The summed E-state index contributed by atoms with van der Waals surface area (Å²) in [5, 5.41) is 0. The molecule has 5 heteroatoms. The third-order valence-corrected chi connectivity index (χ3v) is 5.57. The van der Waals surface area contributed by atoms with Crippen LogP contribution in [0.15, 0.2) is 24.3 Å². The molecular formula is C15H21NO3S. The molecule has 0 atom stereocenters. The standard InChI is InChI=1S/C15H21NO3S/c1-12-2-6-14(7-3-12)19-10-11-20(17,18)16-15(8-9-15)13-4-5-13/h2-3,6-7,13,16H,4-5,8-11H2,1H3. The van der Waals surface area contributed by atoms with Crippen molar-refractivity contribution in [1.82, 2.24) is 4.72 Å². The maximum Gasteiger partial charge on any atom is 0.215 e. The SMILES string of the molecule is Cc1ccc(OCCS(=O)(=O)NC2(C3CC3)CC2)cc1. The minimum atomic E-state index is -3.24. The molecule has 0 radical (unpaired) electrons. The average molecular weight is 295 g/mol. The van der Waals surface area contributed by atoms with Crippen LogP contribution in [0.2, 0.25) is 0 Å². The molecule has 2 aliphatic carbocycles. The summed E-state index contributed by atoms with van der Waals surface area (Å²) in [5.41, 5.74) is 1.06. The molecule has 1 aromatic carbocycles. The summed E-state index contributed by atoms with van der Waals surface area (Å²) in [4.78, 5) is 0. The highest BCUT2D eigenvalue weighted by Gasteiger charge is 2.55. The Morgan fingerprint density at radius 1 is 1.25 bits per heavy atom. The van der Waals surface area contributed by atoms with Crippen molar-refractivity contribution in [2.75, 3.05) is 12.4 Å². The molecule has 2 aliphatic rings. The predicted octanol–water partition coefficient (Wildman–Crippen LogP) is 2.24. The molecule has 0 aromatic heterocycles. The number of ether oxygens (including phenoxy) is 1. The van der Waals surface area contributed by atoms with Gasteiger partial charge < -0.3 is 4.74 Å². The van der Waals surface area contributed by atoms with Gasteiger partial charge in [-0.3, -0.25) is 0 Å². The Kier molecular flexibility index (Phi) is 3.50. The highest BCUT2D eigenvalue weighted by molar-refractivity contribution is 7.89. The van der Waals surface area contributed by atoms with Gasteiger partial charge in [0.15, 0.2) is 0 Å². The van der Waals surface area contributed by atoms with Gasteiger partial charge in [0.1, 0.15) is 12.4 Å². The Morgan fingerprint density at radius 3 is 2.45 bits per heavy atom. The molecule has 0 bridgehead atoms. The van der Waals surface area contributed by atoms with Gasteiger partial charge in [-0.05, 0) is 50.7 Å². The first-order valence-corrected chi connectivity index (χ1v) is 8.85. The van der Waals surface area contributed by atoms with Crippen LogP contribution in [0, 0.1) is 12.8 Å². The fourth-order valence-corrected chi connectivity index (χ4v) is 4.02. The molecule has 110 valence electrons. The van der Waals surface area contributed by atoms with Crippen LogP contribution < -0.4 is 9.46 Å². The van der Waals surface area contributed by atoms with Crippen LogP contribution in [0.25, 0.3) is 0 Å². The number of nitrogens with one attached hydrogen (secondary N) is 1. The van der Waals surface area contributed by atoms with Gasteiger partial charge in [0.05, 0.1) is 5.75 Å². The molecular weight excluding hydrogens is 274 g/mol. The van der Waals surface area contributed by atoms with Crippen LogP contribution in [0.5, 0.6) is 5.75 Å². The van der Waals surface area contributed by atoms with Crippen LogP contribution in [0.3, 0.4) is 0 Å². The van der Waals surface area contributed by atoms with Gasteiger partial charge in [-0.25, -0.2) is 13.1 Å². The molecule has 2 saturated carbocycles. The van der Waals surface area contributed by atoms with Crippen molar-refractivity contribution < 1.29 is 13.2 Å². The number of benzene rings is 1. The Bertz CT molecular complexity index is 572. The van der Waals surface area contributed by atoms with Crippen LogP contribution in [0.1, 0.15) is 31.2 Å². The summed E-state index contributed by atoms with van der Waals surface area (Å²) in [5.74, 6) is 1.32. The van der Waals surface area contributed by atoms with Crippen molar-refractivity contribution in [2.24, 2.45) is 5.92 Å². The van der Waals surface area contributed by atoms with Crippen molar-refractivity contribution in [1.29, 1.82) is 0 Å². The summed E-state index contributed by atoms with van der Waals surface area (Å²) in [6, 6.07) is 7.63. The molecule has 4 nitrogen and oxygen atoms in total. The van der Waals surface area contributed by atoms with E-state index in [-0.39, 0.29) is 17.9 Å². The summed E-state index contributed by atoms with van der Waals surface area (Å²) in [7, 11) is -3.24. The van der Waals surface area contributed by atoms with Gasteiger partial charge in [0, 0.05) is 5.54 Å². The molecule has 20 heavy (non-hydrogen) atoms. The molecule has 0 saturated heterocycles. The Balaban J connectivity index is 1.48. The van der Waals surface area contributed by atoms with E-state index in [1.807, 2.05) is 31.2 Å². The van der Waals surface area contributed by atoms with E-state index in [0.717, 1.165) is 18.4 Å². The predicted molar refractivity (Wildman–Crippen MR) is 78.3 cm³/mol. The normalized spacial score (nSPS) is 20.6. The molecule has 0 amide bonds. The zero-order chi connectivity index (χ0) is 14.2. The lowest BCUT2D eigenvalue weighted by atomic mass is 10.2. The first-order chi connectivity index (χ1) is 9.49. The Labute approximate surface area is 120 Å². The quantitative estimate of drug-likeness (QED) is 0.839. The zero-order valence-electron chi connectivity index (χ0n) is 11.8. The van der Waals surface area contributed by atoms with Gasteiger partial charge >= 0.3 is 0 Å². The zero-order valence-corrected chi connectivity index (χ0v) is 12.6. The topological polar surface area (TPSA) is 55.4 Å². The Hall–Kier alpha value is -1.07. The monoisotopic (exact) mass is 295 g/mol. The maximum atomic E-state index is 12.1. The van der Waals surface area contributed by atoms with E-state index in [1.54, 1.807) is 0 Å². The first-order valence-electron chi connectivity index (χ1n) is 7.20. The summed E-state index contributed by atoms with van der Waals surface area (Å²) in [6.07, 6.45) is 4.33. The summed E-state index contributed by atoms with van der Waals surface area (Å²) in [6.45, 7) is 2.20. The highest BCUT2D eigenvalue weighted by Crippen LogP contribution is 2.54. The number of sulfonamides is 1. The molecule has 2 fully saturated rings. The van der Waals surface area contributed by atoms with E-state index < -0.39 is 10.0 Å². The van der Waals surface area contributed by atoms with Crippen molar-refractivity contribution in [2.45, 2.75) is 38.1 Å². The van der Waals surface area contributed by atoms with Crippen LogP contribution in [0.4, 0.5) is 0 Å². The molecule has 0 unspecified atom stereocenters. The van der Waals surface area contributed by atoms with Gasteiger partial charge in [-0.1, -0.05) is 17.7 Å². The smallest absolute Gasteiger partial charge is 0.215 e. The third-order valence-electron chi connectivity index (χ3n) is 4.15. The van der Waals surface area contributed by atoms with E-state index in [0.29, 0.717) is 11.7 Å². The lowest BCUT2D eigenvalue weighted by molar-refractivity contribution is 0.339. The molecule has 0 spiro atoms. The average Bonchev–Trinajstić information content (AvgIpc) is 3.23. The molecule has 0 aliphatic heterocycles. The van der Waals surface area contributed by atoms with Crippen molar-refractivity contribution in [3.8, 4) is 5.75 Å². The molecule has 1 N–H and O–H groups in total. The second-order valence-corrected chi connectivity index (χ2v) is 7.85. The highest BCUT2D eigenvalue weighted by atomic mass is 32.2. The minimum absolute atomic E-state index is 0.0232. The van der Waals surface area contributed by atoms with Crippen LogP contribution >= 0.6 is 0 Å². The van der Waals surface area contributed by atoms with E-state index >= 15 is 0 Å². The number of hydrogen-bond donors (Lipinski definition) is 1. The molecule has 0 heterocycles. The van der Waals surface area contributed by atoms with Gasteiger partial charge in [-0.15, -0.1) is 0 Å². The molecule has 1 aromatic rings. The number of aryl methyl sites for hydroxylation is 1. The van der Waals surface area contributed by atoms with Crippen molar-refractivity contribution in [3.05, 3.63) is 29.8 Å². The van der Waals surface area contributed by atoms with Gasteiger partial charge in [0.25, 0.3) is 0 Å². The number of rotatable bonds is 7. The van der Waals surface area contributed by atoms with Crippen LogP contribution in [-0.2, 0) is 10.0 Å². The van der Waals surface area contributed by atoms with Crippen LogP contribution in [-0.4, -0.2) is 26.3 Å². The summed E-state index contributed by atoms with van der Waals surface area (Å²) < 4.78 is 32.5. The van der Waals surface area contributed by atoms with Gasteiger partial charge in [-0.2, -0.15) is 0 Å². The van der Waals surface area contributed by atoms with E-state index in [1.165, 1.54) is 12.8 Å².